The van der Waals surface area contributed by atoms with E-state index in [2.05, 4.69) is 161 Å². The largest absolute Gasteiger partial charge is 0.309 e. The number of aromatic nitrogens is 5. The minimum absolute atomic E-state index is 0.600. The van der Waals surface area contributed by atoms with Crippen molar-refractivity contribution in [3.63, 3.8) is 0 Å². The fraction of sp³-hybridized carbons (Fsp3) is 0.0364. The van der Waals surface area contributed by atoms with Gasteiger partial charge in [0.15, 0.2) is 11.6 Å². The van der Waals surface area contributed by atoms with Gasteiger partial charge in [-0.1, -0.05) is 133 Å². The van der Waals surface area contributed by atoms with E-state index in [0.717, 1.165) is 40.7 Å². The number of fused-ring (bicyclic) bond motifs is 12. The summed E-state index contributed by atoms with van der Waals surface area (Å²) in [4.78, 5) is 15.5. The Balaban J connectivity index is 1.07. The second kappa shape index (κ2) is 13.4. The molecule has 13 rings (SSSR count). The van der Waals surface area contributed by atoms with Crippen LogP contribution < -0.4 is 0 Å². The molecule has 286 valence electrons. The molecule has 0 unspecified atom stereocenters. The third kappa shape index (κ3) is 5.29. The van der Waals surface area contributed by atoms with Crippen LogP contribution in [0.2, 0.25) is 0 Å². The summed E-state index contributed by atoms with van der Waals surface area (Å²) in [6.07, 6.45) is 6.69. The molecule has 1 aliphatic rings. The van der Waals surface area contributed by atoms with Crippen molar-refractivity contribution >= 4 is 81.2 Å². The van der Waals surface area contributed by atoms with E-state index in [4.69, 9.17) is 15.0 Å². The van der Waals surface area contributed by atoms with Gasteiger partial charge >= 0.3 is 0 Å². The van der Waals surface area contributed by atoms with Crippen LogP contribution in [-0.4, -0.2) is 24.1 Å². The summed E-state index contributed by atoms with van der Waals surface area (Å²) in [5, 5.41) is 7.57. The lowest BCUT2D eigenvalue weighted by Crippen LogP contribution is -2.06. The molecule has 8 aromatic carbocycles. The van der Waals surface area contributed by atoms with Crippen LogP contribution in [-0.2, 0) is 6.42 Å². The Morgan fingerprint density at radius 2 is 1.03 bits per heavy atom. The van der Waals surface area contributed by atoms with E-state index in [0.29, 0.717) is 17.6 Å². The fourth-order valence-corrected chi connectivity index (χ4v) is 10.9. The zero-order valence-electron chi connectivity index (χ0n) is 33.0. The Morgan fingerprint density at radius 1 is 0.443 bits per heavy atom. The molecule has 0 amide bonds. The SMILES string of the molecule is C1=Cc2c(ccc3c2c2cc(-c4ccc5c(c4)c4c6sc7ccccc7c6ccc4n5-c4ccccc4)ccc2n3-c2nc(-c3ccccc3)nc(-c3ccccc3)n2)CC1. The van der Waals surface area contributed by atoms with E-state index in [1.807, 2.05) is 47.7 Å². The van der Waals surface area contributed by atoms with Crippen molar-refractivity contribution in [2.75, 3.05) is 0 Å². The van der Waals surface area contributed by atoms with E-state index in [9.17, 15) is 0 Å². The summed E-state index contributed by atoms with van der Waals surface area (Å²) in [6.45, 7) is 0. The summed E-state index contributed by atoms with van der Waals surface area (Å²) in [6, 6.07) is 63.1. The van der Waals surface area contributed by atoms with Crippen LogP contribution in [0.5, 0.6) is 0 Å². The summed E-state index contributed by atoms with van der Waals surface area (Å²) in [7, 11) is 0. The van der Waals surface area contributed by atoms with Crippen LogP contribution in [0.3, 0.4) is 0 Å². The van der Waals surface area contributed by atoms with Crippen molar-refractivity contribution in [1.29, 1.82) is 0 Å². The Kier molecular flexibility index (Phi) is 7.53. The van der Waals surface area contributed by atoms with Crippen LogP contribution >= 0.6 is 11.3 Å². The molecule has 4 heterocycles. The van der Waals surface area contributed by atoms with Gasteiger partial charge in [-0.15, -0.1) is 11.3 Å². The van der Waals surface area contributed by atoms with Crippen molar-refractivity contribution in [3.05, 3.63) is 193 Å². The number of para-hydroxylation sites is 1. The molecule has 0 bridgehead atoms. The maximum Gasteiger partial charge on any atom is 0.238 e. The summed E-state index contributed by atoms with van der Waals surface area (Å²) in [5.41, 5.74) is 12.6. The standard InChI is InChI=1S/C55H35N5S/c1-4-15-35(16-5-1)53-56-54(36-17-6-2-7-18-36)58-55(57-53)60-46-29-26-37(32-43(46)50-40-21-11-10-14-34(40)24-30-47(50)60)38-25-28-45-44(33-38)51-48(59(45)39-19-8-3-9-20-39)31-27-42-41-22-12-13-23-49(41)61-52(42)51/h1-9,11-13,15-33H,10,14H2. The van der Waals surface area contributed by atoms with Gasteiger partial charge < -0.3 is 4.57 Å². The van der Waals surface area contributed by atoms with Crippen LogP contribution in [0, 0.1) is 0 Å². The molecule has 0 N–H and O–H groups in total. The highest BCUT2D eigenvalue weighted by Crippen LogP contribution is 2.45. The van der Waals surface area contributed by atoms with Crippen molar-refractivity contribution in [3.8, 4) is 45.5 Å². The number of benzene rings is 8. The number of rotatable bonds is 5. The molecule has 1 aliphatic carbocycles. The van der Waals surface area contributed by atoms with Crippen molar-refractivity contribution in [2.45, 2.75) is 12.8 Å². The molecule has 4 aromatic heterocycles. The third-order valence-electron chi connectivity index (χ3n) is 12.4. The van der Waals surface area contributed by atoms with Gasteiger partial charge in [0.2, 0.25) is 5.95 Å². The molecule has 0 radical (unpaired) electrons. The monoisotopic (exact) mass is 797 g/mol. The molecule has 0 spiro atoms. The van der Waals surface area contributed by atoms with Crippen LogP contribution in [0.4, 0.5) is 0 Å². The lowest BCUT2D eigenvalue weighted by Gasteiger charge is -2.13. The first-order valence-corrected chi connectivity index (χ1v) is 21.6. The quantitative estimate of drug-likeness (QED) is 0.174. The molecule has 6 heteroatoms. The van der Waals surface area contributed by atoms with Crippen LogP contribution in [0.1, 0.15) is 17.5 Å². The van der Waals surface area contributed by atoms with E-state index >= 15 is 0 Å². The first-order valence-electron chi connectivity index (χ1n) is 20.8. The van der Waals surface area contributed by atoms with Gasteiger partial charge in [0.1, 0.15) is 0 Å². The highest BCUT2D eigenvalue weighted by Gasteiger charge is 2.23. The molecule has 5 nitrogen and oxygen atoms in total. The molecule has 0 saturated carbocycles. The van der Waals surface area contributed by atoms with E-state index in [1.54, 1.807) is 0 Å². The minimum Gasteiger partial charge on any atom is -0.309 e. The Labute approximate surface area is 355 Å². The molecule has 0 saturated heterocycles. The molecule has 12 aromatic rings. The van der Waals surface area contributed by atoms with Crippen LogP contribution in [0.25, 0.3) is 115 Å². The number of aryl methyl sites for hydroxylation is 1. The Morgan fingerprint density at radius 3 is 1.75 bits per heavy atom. The fourth-order valence-electron chi connectivity index (χ4n) is 9.64. The Bertz CT molecular complexity index is 3690. The Hall–Kier alpha value is -7.67. The predicted octanol–water partition coefficient (Wildman–Crippen LogP) is 14.4. The third-order valence-corrected chi connectivity index (χ3v) is 13.6. The molecule has 0 atom stereocenters. The minimum atomic E-state index is 0.600. The lowest BCUT2D eigenvalue weighted by atomic mass is 9.92. The van der Waals surface area contributed by atoms with Gasteiger partial charge in [-0.3, -0.25) is 4.57 Å². The predicted molar refractivity (Wildman–Crippen MR) is 255 cm³/mol. The van der Waals surface area contributed by atoms with E-state index in [-0.39, 0.29) is 0 Å². The average molecular weight is 798 g/mol. The molecular formula is C55H35N5S. The highest BCUT2D eigenvalue weighted by atomic mass is 32.1. The first kappa shape index (κ1) is 34.2. The summed E-state index contributed by atoms with van der Waals surface area (Å²) in [5.74, 6) is 1.89. The van der Waals surface area contributed by atoms with Gasteiger partial charge in [0, 0.05) is 58.5 Å². The first-order chi connectivity index (χ1) is 30.2. The highest BCUT2D eigenvalue weighted by molar-refractivity contribution is 7.26. The van der Waals surface area contributed by atoms with Crippen molar-refractivity contribution < 1.29 is 0 Å². The molecule has 0 aliphatic heterocycles. The van der Waals surface area contributed by atoms with E-state index in [1.165, 1.54) is 75.0 Å². The summed E-state index contributed by atoms with van der Waals surface area (Å²) < 4.78 is 7.31. The summed E-state index contributed by atoms with van der Waals surface area (Å²) >= 11 is 1.89. The number of allylic oxidation sites excluding steroid dienone is 1. The topological polar surface area (TPSA) is 48.5 Å². The van der Waals surface area contributed by atoms with Gasteiger partial charge in [-0.05, 0) is 89.7 Å². The molecular weight excluding hydrogens is 763 g/mol. The second-order valence-corrected chi connectivity index (χ2v) is 16.9. The number of nitrogens with zero attached hydrogens (tertiary/aromatic N) is 5. The zero-order valence-corrected chi connectivity index (χ0v) is 33.8. The van der Waals surface area contributed by atoms with Crippen molar-refractivity contribution in [2.24, 2.45) is 0 Å². The van der Waals surface area contributed by atoms with Gasteiger partial charge in [0.05, 0.1) is 22.1 Å². The van der Waals surface area contributed by atoms with Crippen molar-refractivity contribution in [1.82, 2.24) is 24.1 Å². The van der Waals surface area contributed by atoms with E-state index < -0.39 is 0 Å². The maximum atomic E-state index is 5.22. The smallest absolute Gasteiger partial charge is 0.238 e. The zero-order chi connectivity index (χ0) is 40.0. The average Bonchev–Trinajstić information content (AvgIpc) is 3.99. The number of hydrogen-bond donors (Lipinski definition) is 0. The second-order valence-electron chi connectivity index (χ2n) is 15.9. The van der Waals surface area contributed by atoms with Crippen LogP contribution in [0.15, 0.2) is 182 Å². The van der Waals surface area contributed by atoms with Gasteiger partial charge in [-0.25, -0.2) is 4.98 Å². The number of hydrogen-bond acceptors (Lipinski definition) is 4. The normalized spacial score (nSPS) is 12.7. The molecule has 61 heavy (non-hydrogen) atoms. The lowest BCUT2D eigenvalue weighted by molar-refractivity contribution is 0.951. The van der Waals surface area contributed by atoms with Gasteiger partial charge in [-0.2, -0.15) is 9.97 Å². The maximum absolute atomic E-state index is 5.22. The number of thiophene rings is 1. The molecule has 0 fully saturated rings. The van der Waals surface area contributed by atoms with Gasteiger partial charge in [0.25, 0.3) is 0 Å².